The van der Waals surface area contributed by atoms with Crippen molar-refractivity contribution in [2.45, 2.75) is 63.5 Å². The highest BCUT2D eigenvalue weighted by molar-refractivity contribution is 7.89. The van der Waals surface area contributed by atoms with Gasteiger partial charge in [-0.2, -0.15) is 0 Å². The largest absolute Gasteiger partial charge is 0.480 e. The molecule has 0 aliphatic rings. The van der Waals surface area contributed by atoms with Crippen molar-refractivity contribution in [2.24, 2.45) is 0 Å². The quantitative estimate of drug-likeness (QED) is 0.304. The van der Waals surface area contributed by atoms with Gasteiger partial charge in [0, 0.05) is 31.5 Å². The van der Waals surface area contributed by atoms with Crippen molar-refractivity contribution in [3.63, 3.8) is 0 Å². The molecular formula is C30H37N5O7S. The van der Waals surface area contributed by atoms with E-state index in [0.717, 1.165) is 16.9 Å². The van der Waals surface area contributed by atoms with E-state index < -0.39 is 40.3 Å². The standard InChI is InChI=1S/C30H37N5O7S/c1-6-9-27(36)34(5)22-15-13-21(14-16-22)18-25(33-43(40,41)23-10-8-17-31-19-23)24-11-7-12-26(32-24)35(20-28(37)38)29(39)42-30(2,3)4/h7-8,10-17,19,25,33H,6,9,18,20H2,1-5H3,(H,37,38). The zero-order valence-corrected chi connectivity index (χ0v) is 25.7. The van der Waals surface area contributed by atoms with Gasteiger partial charge in [-0.3, -0.25) is 19.5 Å². The molecule has 0 saturated heterocycles. The van der Waals surface area contributed by atoms with Crippen LogP contribution >= 0.6 is 0 Å². The molecule has 2 N–H and O–H groups in total. The topological polar surface area (TPSA) is 159 Å². The second-order valence-corrected chi connectivity index (χ2v) is 12.5. The fourth-order valence-electron chi connectivity index (χ4n) is 4.06. The molecule has 0 fully saturated rings. The number of amides is 2. The van der Waals surface area contributed by atoms with Gasteiger partial charge in [-0.1, -0.05) is 25.1 Å². The lowest BCUT2D eigenvalue weighted by Gasteiger charge is -2.26. The summed E-state index contributed by atoms with van der Waals surface area (Å²) in [6.07, 6.45) is 3.06. The van der Waals surface area contributed by atoms with Gasteiger partial charge in [-0.05, 0) is 75.6 Å². The third-order valence-electron chi connectivity index (χ3n) is 6.14. The van der Waals surface area contributed by atoms with Gasteiger partial charge in [0.1, 0.15) is 22.9 Å². The number of benzene rings is 1. The molecule has 2 amide bonds. The normalized spacial score (nSPS) is 12.3. The molecule has 0 aliphatic carbocycles. The Kier molecular flexibility index (Phi) is 11.0. The van der Waals surface area contributed by atoms with Crippen LogP contribution in [0, 0.1) is 0 Å². The lowest BCUT2D eigenvalue weighted by molar-refractivity contribution is -0.135. The van der Waals surface area contributed by atoms with Crippen LogP contribution in [-0.4, -0.2) is 60.7 Å². The Labute approximate surface area is 251 Å². The maximum Gasteiger partial charge on any atom is 0.416 e. The van der Waals surface area contributed by atoms with E-state index in [1.54, 1.807) is 69.1 Å². The Morgan fingerprint density at radius 1 is 1.05 bits per heavy atom. The third-order valence-corrected chi connectivity index (χ3v) is 7.60. The molecular weight excluding hydrogens is 574 g/mol. The van der Waals surface area contributed by atoms with Gasteiger partial charge < -0.3 is 14.7 Å². The Balaban J connectivity index is 2.01. The molecule has 0 saturated carbocycles. The molecule has 1 aromatic carbocycles. The fourth-order valence-corrected chi connectivity index (χ4v) is 5.23. The van der Waals surface area contributed by atoms with Crippen molar-refractivity contribution in [1.82, 2.24) is 14.7 Å². The highest BCUT2D eigenvalue weighted by Crippen LogP contribution is 2.25. The zero-order valence-electron chi connectivity index (χ0n) is 24.9. The summed E-state index contributed by atoms with van der Waals surface area (Å²) in [6, 6.07) is 13.7. The number of hydrogen-bond donors (Lipinski definition) is 2. The summed E-state index contributed by atoms with van der Waals surface area (Å²) in [6.45, 7) is 6.17. The second kappa shape index (κ2) is 14.2. The predicted octanol–water partition coefficient (Wildman–Crippen LogP) is 4.33. The van der Waals surface area contributed by atoms with Crippen LogP contribution in [0.5, 0.6) is 0 Å². The van der Waals surface area contributed by atoms with Crippen LogP contribution in [0.2, 0.25) is 0 Å². The number of aromatic nitrogens is 2. The van der Waals surface area contributed by atoms with Crippen LogP contribution in [0.15, 0.2) is 71.9 Å². The maximum absolute atomic E-state index is 13.3. The van der Waals surface area contributed by atoms with Gasteiger partial charge in [0.25, 0.3) is 0 Å². The van der Waals surface area contributed by atoms with E-state index in [9.17, 15) is 27.9 Å². The molecule has 0 radical (unpaired) electrons. The number of carbonyl (C=O) groups is 3. The summed E-state index contributed by atoms with van der Waals surface area (Å²) >= 11 is 0. The molecule has 0 spiro atoms. The minimum absolute atomic E-state index is 0.0192. The molecule has 43 heavy (non-hydrogen) atoms. The molecule has 3 aromatic rings. The number of carbonyl (C=O) groups excluding carboxylic acids is 2. The number of rotatable bonds is 12. The highest BCUT2D eigenvalue weighted by atomic mass is 32.2. The number of aliphatic carboxylic acids is 1. The van der Waals surface area contributed by atoms with Gasteiger partial charge in [-0.25, -0.2) is 22.9 Å². The predicted molar refractivity (Wildman–Crippen MR) is 161 cm³/mol. The van der Waals surface area contributed by atoms with Gasteiger partial charge in [0.2, 0.25) is 15.9 Å². The van der Waals surface area contributed by atoms with Gasteiger partial charge >= 0.3 is 12.1 Å². The summed E-state index contributed by atoms with van der Waals surface area (Å²) in [7, 11) is -2.37. The Morgan fingerprint density at radius 3 is 2.33 bits per heavy atom. The molecule has 2 aromatic heterocycles. The van der Waals surface area contributed by atoms with E-state index >= 15 is 0 Å². The summed E-state index contributed by atoms with van der Waals surface area (Å²) < 4.78 is 34.7. The summed E-state index contributed by atoms with van der Waals surface area (Å²) in [4.78, 5) is 47.6. The first kappa shape index (κ1) is 33.1. The summed E-state index contributed by atoms with van der Waals surface area (Å²) in [5.41, 5.74) is 0.773. The Bertz CT molecular complexity index is 1520. The number of ether oxygens (including phenoxy) is 1. The lowest BCUT2D eigenvalue weighted by Crippen LogP contribution is -2.40. The van der Waals surface area contributed by atoms with Crippen molar-refractivity contribution in [3.05, 3.63) is 78.2 Å². The minimum atomic E-state index is -4.06. The first-order valence-electron chi connectivity index (χ1n) is 13.7. The van der Waals surface area contributed by atoms with E-state index in [-0.39, 0.29) is 28.7 Å². The number of nitrogens with zero attached hydrogens (tertiary/aromatic N) is 4. The van der Waals surface area contributed by atoms with Crippen molar-refractivity contribution in [1.29, 1.82) is 0 Å². The van der Waals surface area contributed by atoms with Crippen molar-refractivity contribution in [2.75, 3.05) is 23.4 Å². The molecule has 1 atom stereocenters. The molecule has 230 valence electrons. The van der Waals surface area contributed by atoms with E-state index in [2.05, 4.69) is 14.7 Å². The third kappa shape index (κ3) is 9.58. The summed E-state index contributed by atoms with van der Waals surface area (Å²) in [5, 5.41) is 9.47. The van der Waals surface area contributed by atoms with Crippen LogP contribution in [0.3, 0.4) is 0 Å². The van der Waals surface area contributed by atoms with Crippen molar-refractivity contribution in [3.8, 4) is 0 Å². The molecule has 3 rings (SSSR count). The molecule has 0 bridgehead atoms. The lowest BCUT2D eigenvalue weighted by atomic mass is 10.0. The average Bonchev–Trinajstić information content (AvgIpc) is 2.95. The van der Waals surface area contributed by atoms with E-state index in [0.29, 0.717) is 12.1 Å². The van der Waals surface area contributed by atoms with Gasteiger partial charge in [0.05, 0.1) is 11.7 Å². The molecule has 0 aliphatic heterocycles. The highest BCUT2D eigenvalue weighted by Gasteiger charge is 2.28. The minimum Gasteiger partial charge on any atom is -0.480 e. The Morgan fingerprint density at radius 2 is 1.74 bits per heavy atom. The molecule has 12 nitrogen and oxygen atoms in total. The average molecular weight is 612 g/mol. The number of hydrogen-bond acceptors (Lipinski definition) is 8. The molecule has 1 unspecified atom stereocenters. The first-order valence-corrected chi connectivity index (χ1v) is 15.2. The fraction of sp³-hybridized carbons (Fsp3) is 0.367. The zero-order chi connectivity index (χ0) is 31.8. The van der Waals surface area contributed by atoms with Gasteiger partial charge in [0.15, 0.2) is 0 Å². The number of sulfonamides is 1. The number of carboxylic acid groups (broad SMARTS) is 1. The summed E-state index contributed by atoms with van der Waals surface area (Å²) in [5.74, 6) is -1.32. The molecule has 2 heterocycles. The van der Waals surface area contributed by atoms with E-state index in [4.69, 9.17) is 4.74 Å². The monoisotopic (exact) mass is 611 g/mol. The van der Waals surface area contributed by atoms with Crippen molar-refractivity contribution < 1.29 is 32.6 Å². The van der Waals surface area contributed by atoms with Gasteiger partial charge in [-0.15, -0.1) is 0 Å². The second-order valence-electron chi connectivity index (χ2n) is 10.8. The van der Waals surface area contributed by atoms with Crippen molar-refractivity contribution >= 4 is 39.5 Å². The van der Waals surface area contributed by atoms with Crippen LogP contribution in [0.25, 0.3) is 0 Å². The molecule has 13 heteroatoms. The number of anilines is 2. The Hall–Kier alpha value is -4.36. The van der Waals surface area contributed by atoms with E-state index in [1.807, 2.05) is 6.92 Å². The number of pyridine rings is 2. The van der Waals surface area contributed by atoms with Crippen LogP contribution in [0.4, 0.5) is 16.3 Å². The smallest absolute Gasteiger partial charge is 0.416 e. The number of nitrogens with one attached hydrogen (secondary N) is 1. The number of carboxylic acids is 1. The van der Waals surface area contributed by atoms with Crippen LogP contribution < -0.4 is 14.5 Å². The van der Waals surface area contributed by atoms with Crippen LogP contribution in [-0.2, 0) is 30.8 Å². The maximum atomic E-state index is 13.3. The van der Waals surface area contributed by atoms with E-state index in [1.165, 1.54) is 30.6 Å². The first-order chi connectivity index (χ1) is 20.2. The van der Waals surface area contributed by atoms with Crippen LogP contribution in [0.1, 0.15) is 57.8 Å². The SMILES string of the molecule is CCCC(=O)N(C)c1ccc(CC(NS(=O)(=O)c2cccnc2)c2cccc(N(CC(=O)O)C(=O)OC(C)(C)C)n2)cc1.